The van der Waals surface area contributed by atoms with E-state index in [2.05, 4.69) is 30.7 Å². The van der Waals surface area contributed by atoms with Crippen molar-refractivity contribution in [3.8, 4) is 0 Å². The fourth-order valence-corrected chi connectivity index (χ4v) is 3.44. The van der Waals surface area contributed by atoms with E-state index >= 15 is 0 Å². The third-order valence-corrected chi connectivity index (χ3v) is 4.35. The van der Waals surface area contributed by atoms with Gasteiger partial charge >= 0.3 is 5.97 Å². The van der Waals surface area contributed by atoms with Crippen molar-refractivity contribution >= 4 is 40.5 Å². The number of aliphatic carboxylic acids is 1. The molecule has 0 saturated carbocycles. The molecular formula is C14H18ClN3O2S. The van der Waals surface area contributed by atoms with Gasteiger partial charge in [-0.25, -0.2) is 9.97 Å². The average Bonchev–Trinajstić information content (AvgIpc) is 2.74. The number of nitrogens with zero attached hydrogens (tertiary/aromatic N) is 3. The first kappa shape index (κ1) is 16.1. The molecule has 7 heteroatoms. The summed E-state index contributed by atoms with van der Waals surface area (Å²) in [5.41, 5.74) is 1.25. The van der Waals surface area contributed by atoms with Gasteiger partial charge in [-0.3, -0.25) is 9.36 Å². The van der Waals surface area contributed by atoms with Crippen molar-refractivity contribution in [1.82, 2.24) is 14.5 Å². The van der Waals surface area contributed by atoms with Crippen molar-refractivity contribution in [2.24, 2.45) is 0 Å². The smallest absolute Gasteiger partial charge is 0.313 e. The topological polar surface area (TPSA) is 68.0 Å². The van der Waals surface area contributed by atoms with E-state index in [1.807, 2.05) is 4.57 Å². The van der Waals surface area contributed by atoms with E-state index in [-0.39, 0.29) is 11.3 Å². The molecule has 0 saturated heterocycles. The maximum absolute atomic E-state index is 10.8. The fraction of sp³-hybridized carbons (Fsp3) is 0.500. The lowest BCUT2D eigenvalue weighted by atomic mass is 9.99. The highest BCUT2D eigenvalue weighted by molar-refractivity contribution is 7.99. The van der Waals surface area contributed by atoms with Crippen LogP contribution in [0.4, 0.5) is 0 Å². The standard InChI is InChI=1S/C14H18ClN3O2S/c1-4-5-14(2,3)18-12-10(6-9(15)7-16-12)17-13(18)21-8-11(19)20/h6-7H,4-5,8H2,1-3H3,(H,19,20). The third kappa shape index (κ3) is 3.49. The first-order chi connectivity index (χ1) is 9.85. The molecule has 21 heavy (non-hydrogen) atoms. The van der Waals surface area contributed by atoms with Gasteiger partial charge in [-0.15, -0.1) is 0 Å². The van der Waals surface area contributed by atoms with Crippen LogP contribution >= 0.6 is 23.4 Å². The molecule has 2 rings (SSSR count). The molecule has 0 unspecified atom stereocenters. The number of halogens is 1. The first-order valence-electron chi connectivity index (χ1n) is 6.74. The number of imidazole rings is 1. The number of aromatic nitrogens is 3. The molecule has 2 heterocycles. The summed E-state index contributed by atoms with van der Waals surface area (Å²) >= 11 is 7.18. The number of hydrogen-bond donors (Lipinski definition) is 1. The molecule has 0 aliphatic heterocycles. The Hall–Kier alpha value is -1.27. The highest BCUT2D eigenvalue weighted by Crippen LogP contribution is 2.33. The summed E-state index contributed by atoms with van der Waals surface area (Å²) in [4.78, 5) is 19.7. The molecule has 5 nitrogen and oxygen atoms in total. The zero-order chi connectivity index (χ0) is 15.6. The van der Waals surface area contributed by atoms with E-state index in [0.29, 0.717) is 15.7 Å². The first-order valence-corrected chi connectivity index (χ1v) is 8.10. The Morgan fingerprint density at radius 2 is 2.24 bits per heavy atom. The van der Waals surface area contributed by atoms with Crippen molar-refractivity contribution in [3.05, 3.63) is 17.3 Å². The Labute approximate surface area is 132 Å². The molecule has 2 aromatic rings. The van der Waals surface area contributed by atoms with Crippen molar-refractivity contribution < 1.29 is 9.90 Å². The fourth-order valence-electron chi connectivity index (χ4n) is 2.41. The van der Waals surface area contributed by atoms with Crippen LogP contribution in [0.2, 0.25) is 5.02 Å². The van der Waals surface area contributed by atoms with E-state index in [1.54, 1.807) is 12.3 Å². The van der Waals surface area contributed by atoms with Gasteiger partial charge in [0.25, 0.3) is 0 Å². The van der Waals surface area contributed by atoms with Crippen molar-refractivity contribution in [2.75, 3.05) is 5.75 Å². The molecule has 0 amide bonds. The van der Waals surface area contributed by atoms with Gasteiger partial charge in [0.05, 0.1) is 10.8 Å². The normalized spacial score (nSPS) is 12.0. The Balaban J connectivity index is 2.56. The van der Waals surface area contributed by atoms with E-state index in [4.69, 9.17) is 16.7 Å². The van der Waals surface area contributed by atoms with Crippen LogP contribution in [0, 0.1) is 0 Å². The second-order valence-corrected chi connectivity index (χ2v) is 6.85. The Bertz CT molecular complexity index is 670. The van der Waals surface area contributed by atoms with Crippen LogP contribution in [0.5, 0.6) is 0 Å². The quantitative estimate of drug-likeness (QED) is 0.817. The summed E-state index contributed by atoms with van der Waals surface area (Å²) in [5, 5.41) is 10.1. The molecule has 0 atom stereocenters. The minimum absolute atomic E-state index is 0.0285. The molecule has 0 bridgehead atoms. The summed E-state index contributed by atoms with van der Waals surface area (Å²) in [7, 11) is 0. The zero-order valence-electron chi connectivity index (χ0n) is 12.3. The maximum Gasteiger partial charge on any atom is 0.313 e. The molecule has 0 radical (unpaired) electrons. The third-order valence-electron chi connectivity index (χ3n) is 3.22. The Morgan fingerprint density at radius 1 is 1.52 bits per heavy atom. The van der Waals surface area contributed by atoms with Crippen molar-refractivity contribution in [2.45, 2.75) is 44.3 Å². The van der Waals surface area contributed by atoms with Crippen LogP contribution in [0.15, 0.2) is 17.4 Å². The number of carboxylic acids is 1. The minimum Gasteiger partial charge on any atom is -0.481 e. The van der Waals surface area contributed by atoms with Gasteiger partial charge in [-0.05, 0) is 26.3 Å². The number of pyridine rings is 1. The number of hydrogen-bond acceptors (Lipinski definition) is 4. The second-order valence-electron chi connectivity index (χ2n) is 5.47. The van der Waals surface area contributed by atoms with Gasteiger partial charge in [0.15, 0.2) is 10.8 Å². The van der Waals surface area contributed by atoms with Crippen LogP contribution in [-0.2, 0) is 10.3 Å². The van der Waals surface area contributed by atoms with Gasteiger partial charge < -0.3 is 5.11 Å². The minimum atomic E-state index is -0.863. The maximum atomic E-state index is 10.8. The van der Waals surface area contributed by atoms with Gasteiger partial charge in [-0.1, -0.05) is 36.7 Å². The molecule has 0 spiro atoms. The lowest BCUT2D eigenvalue weighted by molar-refractivity contribution is -0.133. The van der Waals surface area contributed by atoms with Gasteiger partial charge in [-0.2, -0.15) is 0 Å². The molecular weight excluding hydrogens is 310 g/mol. The van der Waals surface area contributed by atoms with E-state index < -0.39 is 5.97 Å². The Morgan fingerprint density at radius 3 is 2.86 bits per heavy atom. The predicted molar refractivity (Wildman–Crippen MR) is 85.1 cm³/mol. The molecule has 1 N–H and O–H groups in total. The summed E-state index contributed by atoms with van der Waals surface area (Å²) in [5.74, 6) is -0.892. The highest BCUT2D eigenvalue weighted by Gasteiger charge is 2.26. The predicted octanol–water partition coefficient (Wildman–Crippen LogP) is 3.80. The largest absolute Gasteiger partial charge is 0.481 e. The van der Waals surface area contributed by atoms with Gasteiger partial charge in [0.2, 0.25) is 0 Å². The molecule has 114 valence electrons. The van der Waals surface area contributed by atoms with Crippen LogP contribution < -0.4 is 0 Å². The Kier molecular flexibility index (Phi) is 4.78. The SMILES string of the molecule is CCCC(C)(C)n1c(SCC(=O)O)nc2cc(Cl)cnc21. The summed E-state index contributed by atoms with van der Waals surface area (Å²) < 4.78 is 2.02. The number of carboxylic acid groups (broad SMARTS) is 1. The van der Waals surface area contributed by atoms with E-state index in [9.17, 15) is 4.79 Å². The molecule has 0 aromatic carbocycles. The van der Waals surface area contributed by atoms with Crippen molar-refractivity contribution in [1.29, 1.82) is 0 Å². The van der Waals surface area contributed by atoms with Gasteiger partial charge in [0.1, 0.15) is 5.52 Å². The lowest BCUT2D eigenvalue weighted by Crippen LogP contribution is -2.27. The van der Waals surface area contributed by atoms with E-state index in [1.165, 1.54) is 11.8 Å². The van der Waals surface area contributed by atoms with Crippen LogP contribution in [0.1, 0.15) is 33.6 Å². The van der Waals surface area contributed by atoms with Gasteiger partial charge in [0, 0.05) is 11.7 Å². The van der Waals surface area contributed by atoms with E-state index in [0.717, 1.165) is 18.5 Å². The summed E-state index contributed by atoms with van der Waals surface area (Å²) in [6, 6.07) is 1.76. The second kappa shape index (κ2) is 6.23. The lowest BCUT2D eigenvalue weighted by Gasteiger charge is -2.28. The van der Waals surface area contributed by atoms with Crippen molar-refractivity contribution in [3.63, 3.8) is 0 Å². The number of carbonyl (C=O) groups is 1. The average molecular weight is 328 g/mol. The number of rotatable bonds is 6. The summed E-state index contributed by atoms with van der Waals surface area (Å²) in [6.07, 6.45) is 3.56. The molecule has 2 aromatic heterocycles. The highest BCUT2D eigenvalue weighted by atomic mass is 35.5. The number of thioether (sulfide) groups is 1. The molecule has 0 fully saturated rings. The monoisotopic (exact) mass is 327 g/mol. The zero-order valence-corrected chi connectivity index (χ0v) is 13.8. The summed E-state index contributed by atoms with van der Waals surface area (Å²) in [6.45, 7) is 6.34. The number of fused-ring (bicyclic) bond motifs is 1. The molecule has 0 aliphatic rings. The van der Waals surface area contributed by atoms with Crippen LogP contribution in [-0.4, -0.2) is 31.4 Å². The van der Waals surface area contributed by atoms with Crippen LogP contribution in [0.3, 0.4) is 0 Å². The van der Waals surface area contributed by atoms with Crippen LogP contribution in [0.25, 0.3) is 11.2 Å². The molecule has 0 aliphatic carbocycles.